The minimum absolute atomic E-state index is 0.287. The molecule has 1 aliphatic rings. The van der Waals surface area contributed by atoms with Crippen molar-refractivity contribution in [2.24, 2.45) is 0 Å². The van der Waals surface area contributed by atoms with E-state index >= 15 is 0 Å². The van der Waals surface area contributed by atoms with E-state index in [0.29, 0.717) is 26.2 Å². The summed E-state index contributed by atoms with van der Waals surface area (Å²) in [5.41, 5.74) is 0.287. The molecule has 0 radical (unpaired) electrons. The smallest absolute Gasteiger partial charge is 0.347 e. The summed E-state index contributed by atoms with van der Waals surface area (Å²) < 4.78 is 19.0. The van der Waals surface area contributed by atoms with Gasteiger partial charge in [-0.2, -0.15) is 0 Å². The number of unbranched alkanes of at least 4 members (excludes halogenated alkanes) is 3. The Labute approximate surface area is 165 Å². The molecule has 0 saturated carbocycles. The van der Waals surface area contributed by atoms with Crippen LogP contribution in [0.5, 0.6) is 0 Å². The monoisotopic (exact) mass is 396 g/mol. The zero-order chi connectivity index (χ0) is 21.4. The van der Waals surface area contributed by atoms with E-state index in [1.54, 1.807) is 0 Å². The number of esters is 4. The Hall–Kier alpha value is -2.90. The van der Waals surface area contributed by atoms with Crippen molar-refractivity contribution in [2.45, 2.75) is 45.1 Å². The van der Waals surface area contributed by atoms with E-state index in [2.05, 4.69) is 24.5 Å². The van der Waals surface area contributed by atoms with Crippen molar-refractivity contribution >= 4 is 23.9 Å². The van der Waals surface area contributed by atoms with E-state index in [1.165, 1.54) is 6.92 Å². The molecule has 0 aliphatic carbocycles. The van der Waals surface area contributed by atoms with Crippen LogP contribution in [0.3, 0.4) is 0 Å². The van der Waals surface area contributed by atoms with Gasteiger partial charge in [-0.3, -0.25) is 0 Å². The number of carbonyl (C=O) groups is 4. The van der Waals surface area contributed by atoms with E-state index in [0.717, 1.165) is 37.8 Å². The first-order valence-corrected chi connectivity index (χ1v) is 8.93. The van der Waals surface area contributed by atoms with Crippen molar-refractivity contribution < 1.29 is 38.1 Å². The molecule has 1 heterocycles. The number of cyclic esters (lactones) is 1. The minimum Gasteiger partial charge on any atom is -0.463 e. The maximum Gasteiger partial charge on any atom is 0.347 e. The molecule has 1 aliphatic heterocycles. The van der Waals surface area contributed by atoms with Gasteiger partial charge in [0.15, 0.2) is 0 Å². The van der Waals surface area contributed by atoms with Crippen LogP contribution in [0.4, 0.5) is 0 Å². The van der Waals surface area contributed by atoms with Crippen molar-refractivity contribution in [3.63, 3.8) is 0 Å². The second kappa shape index (κ2) is 15.2. The molecule has 156 valence electrons. The van der Waals surface area contributed by atoms with Gasteiger partial charge in [-0.15, -0.1) is 0 Å². The fraction of sp³-hybridized carbons (Fsp3) is 0.500. The second-order valence-corrected chi connectivity index (χ2v) is 5.79. The van der Waals surface area contributed by atoms with Crippen molar-refractivity contribution in [3.8, 4) is 0 Å². The highest BCUT2D eigenvalue weighted by molar-refractivity contribution is 5.89. The number of rotatable bonds is 11. The standard InChI is InChI=1S/C12H18O4.C8H10O4/c1-3-11(13)15-9-7-5-6-8-10-16-12(14)4-2;1-5(2)7(9)12-6-3-4-11-8(6)10/h3-4H,1-2,5-10H2;6H,1,3-4H2,2H3. The molecule has 1 fully saturated rings. The van der Waals surface area contributed by atoms with Gasteiger partial charge in [0.25, 0.3) is 0 Å². The van der Waals surface area contributed by atoms with Gasteiger partial charge in [-0.1, -0.05) is 19.7 Å². The molecular formula is C20H28O8. The number of carbonyl (C=O) groups excluding carboxylic acids is 4. The third-order valence-corrected chi connectivity index (χ3v) is 3.35. The molecule has 1 rings (SSSR count). The average molecular weight is 396 g/mol. The predicted molar refractivity (Wildman–Crippen MR) is 101 cm³/mol. The summed E-state index contributed by atoms with van der Waals surface area (Å²) in [5.74, 6) is -1.79. The Bertz CT molecular complexity index is 553. The lowest BCUT2D eigenvalue weighted by molar-refractivity contribution is -0.157. The maximum atomic E-state index is 10.9. The highest BCUT2D eigenvalue weighted by Gasteiger charge is 2.30. The van der Waals surface area contributed by atoms with Crippen LogP contribution >= 0.6 is 0 Å². The van der Waals surface area contributed by atoms with E-state index in [9.17, 15) is 19.2 Å². The van der Waals surface area contributed by atoms with E-state index in [1.807, 2.05) is 0 Å². The lowest BCUT2D eigenvalue weighted by Crippen LogP contribution is -2.22. The third-order valence-electron chi connectivity index (χ3n) is 3.35. The molecule has 8 heteroatoms. The molecule has 1 atom stereocenters. The summed E-state index contributed by atoms with van der Waals surface area (Å²) >= 11 is 0. The molecule has 0 aromatic carbocycles. The first-order chi connectivity index (χ1) is 13.3. The van der Waals surface area contributed by atoms with Crippen molar-refractivity contribution in [1.29, 1.82) is 0 Å². The lowest BCUT2D eigenvalue weighted by Gasteiger charge is -2.06. The number of ether oxygens (including phenoxy) is 4. The Morgan fingerprint density at radius 3 is 1.89 bits per heavy atom. The first-order valence-electron chi connectivity index (χ1n) is 8.93. The SMILES string of the molecule is C=C(C)C(=O)OC1CCOC1=O.C=CC(=O)OCCCCCCOC(=O)C=C. The molecule has 0 spiro atoms. The quantitative estimate of drug-likeness (QED) is 0.227. The summed E-state index contributed by atoms with van der Waals surface area (Å²) in [6.45, 7) is 12.7. The highest BCUT2D eigenvalue weighted by atomic mass is 16.6. The van der Waals surface area contributed by atoms with E-state index in [4.69, 9.17) is 14.2 Å². The van der Waals surface area contributed by atoms with Crippen molar-refractivity contribution in [2.75, 3.05) is 19.8 Å². The molecule has 0 amide bonds. The van der Waals surface area contributed by atoms with Gasteiger partial charge in [0, 0.05) is 24.1 Å². The Morgan fingerprint density at radius 2 is 1.54 bits per heavy atom. The van der Waals surface area contributed by atoms with Crippen LogP contribution in [-0.2, 0) is 38.1 Å². The summed E-state index contributed by atoms with van der Waals surface area (Å²) in [6.07, 6.45) is 5.52. The number of hydrogen-bond donors (Lipinski definition) is 0. The first kappa shape index (κ1) is 25.1. The fourth-order valence-electron chi connectivity index (χ4n) is 1.84. The Kier molecular flexibility index (Phi) is 13.6. The van der Waals surface area contributed by atoms with Crippen LogP contribution in [0.2, 0.25) is 0 Å². The summed E-state index contributed by atoms with van der Waals surface area (Å²) in [7, 11) is 0. The van der Waals surface area contributed by atoms with Gasteiger partial charge in [-0.05, 0) is 32.6 Å². The van der Waals surface area contributed by atoms with Crippen molar-refractivity contribution in [3.05, 3.63) is 37.5 Å². The van der Waals surface area contributed by atoms with Crippen LogP contribution < -0.4 is 0 Å². The number of hydrogen-bond acceptors (Lipinski definition) is 8. The lowest BCUT2D eigenvalue weighted by atomic mass is 10.2. The Balaban J connectivity index is 0.000000540. The summed E-state index contributed by atoms with van der Waals surface area (Å²) in [6, 6.07) is 0. The molecule has 0 aromatic heterocycles. The van der Waals surface area contributed by atoms with E-state index < -0.39 is 18.0 Å². The van der Waals surface area contributed by atoms with E-state index in [-0.39, 0.29) is 17.5 Å². The molecule has 0 aromatic rings. The van der Waals surface area contributed by atoms with Gasteiger partial charge >= 0.3 is 23.9 Å². The predicted octanol–water partition coefficient (Wildman–Crippen LogP) is 2.43. The normalized spacial score (nSPS) is 14.6. The summed E-state index contributed by atoms with van der Waals surface area (Å²) in [4.78, 5) is 43.0. The molecular weight excluding hydrogens is 368 g/mol. The second-order valence-electron chi connectivity index (χ2n) is 5.79. The van der Waals surface area contributed by atoms with Crippen molar-refractivity contribution in [1.82, 2.24) is 0 Å². The van der Waals surface area contributed by atoms with Crippen LogP contribution in [0.1, 0.15) is 39.0 Å². The average Bonchev–Trinajstić information content (AvgIpc) is 3.08. The largest absolute Gasteiger partial charge is 0.463 e. The zero-order valence-corrected chi connectivity index (χ0v) is 16.3. The van der Waals surface area contributed by atoms with Crippen LogP contribution in [0.25, 0.3) is 0 Å². The molecule has 1 unspecified atom stereocenters. The van der Waals surface area contributed by atoms with Crippen LogP contribution in [-0.4, -0.2) is 49.8 Å². The zero-order valence-electron chi connectivity index (χ0n) is 16.3. The van der Waals surface area contributed by atoms with Gasteiger partial charge < -0.3 is 18.9 Å². The molecule has 28 heavy (non-hydrogen) atoms. The topological polar surface area (TPSA) is 105 Å². The highest BCUT2D eigenvalue weighted by Crippen LogP contribution is 2.11. The van der Waals surface area contributed by atoms with Gasteiger partial charge in [0.05, 0.1) is 19.8 Å². The van der Waals surface area contributed by atoms with Gasteiger partial charge in [0.2, 0.25) is 6.10 Å². The summed E-state index contributed by atoms with van der Waals surface area (Å²) in [5, 5.41) is 0. The van der Waals surface area contributed by atoms with Gasteiger partial charge in [0.1, 0.15) is 0 Å². The minimum atomic E-state index is -0.728. The fourth-order valence-corrected chi connectivity index (χ4v) is 1.84. The molecule has 0 N–H and O–H groups in total. The maximum absolute atomic E-state index is 10.9. The van der Waals surface area contributed by atoms with Crippen LogP contribution in [0.15, 0.2) is 37.5 Å². The molecule has 1 saturated heterocycles. The molecule has 8 nitrogen and oxygen atoms in total. The molecule has 0 bridgehead atoms. The third kappa shape index (κ3) is 12.5. The van der Waals surface area contributed by atoms with Gasteiger partial charge in [-0.25, -0.2) is 19.2 Å². The Morgan fingerprint density at radius 1 is 1.04 bits per heavy atom. The van der Waals surface area contributed by atoms with Crippen LogP contribution in [0, 0.1) is 0 Å².